The number of nitrogens with zero attached hydrogens (tertiary/aromatic N) is 2. The first-order valence-corrected chi connectivity index (χ1v) is 11.8. The lowest BCUT2D eigenvalue weighted by molar-refractivity contribution is -0.142. The third kappa shape index (κ3) is 4.99. The number of likely N-dealkylation sites (tertiary alicyclic amines) is 1. The summed E-state index contributed by atoms with van der Waals surface area (Å²) in [5.41, 5.74) is 6.11. The highest BCUT2D eigenvalue weighted by atomic mass is 32.1. The van der Waals surface area contributed by atoms with Crippen LogP contribution in [0.1, 0.15) is 57.0 Å². The molecular formula is C24H33N3O3S. The molecule has 0 radical (unpaired) electrons. The summed E-state index contributed by atoms with van der Waals surface area (Å²) in [6.45, 7) is 12.1. The van der Waals surface area contributed by atoms with Crippen molar-refractivity contribution >= 4 is 23.2 Å². The number of aryl methyl sites for hydroxylation is 2. The molecule has 1 saturated heterocycles. The molecule has 1 unspecified atom stereocenters. The number of nitrogens with one attached hydrogen (secondary N) is 1. The Bertz CT molecular complexity index is 955. The molecule has 6 nitrogen and oxygen atoms in total. The summed E-state index contributed by atoms with van der Waals surface area (Å²) in [5, 5.41) is 13.2. The van der Waals surface area contributed by atoms with Gasteiger partial charge in [0.25, 0.3) is 0 Å². The molecule has 1 aromatic heterocycles. The summed E-state index contributed by atoms with van der Waals surface area (Å²) < 4.78 is 0. The van der Waals surface area contributed by atoms with E-state index in [1.807, 2.05) is 53.1 Å². The first-order valence-electron chi connectivity index (χ1n) is 10.9. The topological polar surface area (TPSA) is 82.5 Å². The zero-order chi connectivity index (χ0) is 22.9. The Kier molecular flexibility index (Phi) is 7.17. The van der Waals surface area contributed by atoms with Crippen LogP contribution in [0.25, 0.3) is 10.4 Å². The number of benzene rings is 1. The van der Waals surface area contributed by atoms with Crippen LogP contribution in [0.3, 0.4) is 0 Å². The van der Waals surface area contributed by atoms with Crippen LogP contribution in [0.2, 0.25) is 0 Å². The molecule has 1 aliphatic rings. The average molecular weight is 444 g/mol. The van der Waals surface area contributed by atoms with Crippen LogP contribution in [0.4, 0.5) is 0 Å². The van der Waals surface area contributed by atoms with E-state index >= 15 is 0 Å². The van der Waals surface area contributed by atoms with Crippen molar-refractivity contribution in [2.45, 2.75) is 66.2 Å². The Morgan fingerprint density at radius 2 is 1.94 bits per heavy atom. The van der Waals surface area contributed by atoms with Gasteiger partial charge in [-0.25, -0.2) is 4.98 Å². The maximum absolute atomic E-state index is 13.1. The van der Waals surface area contributed by atoms with Gasteiger partial charge in [-0.2, -0.15) is 0 Å². The second-order valence-electron chi connectivity index (χ2n) is 9.00. The number of carbonyl (C=O) groups is 2. The van der Waals surface area contributed by atoms with E-state index in [1.165, 1.54) is 0 Å². The smallest absolute Gasteiger partial charge is 0.243 e. The fourth-order valence-corrected chi connectivity index (χ4v) is 4.92. The summed E-state index contributed by atoms with van der Waals surface area (Å²) >= 11 is 1.62. The molecule has 3 rings (SSSR count). The van der Waals surface area contributed by atoms with Crippen molar-refractivity contribution < 1.29 is 14.7 Å². The molecule has 2 heterocycles. The molecule has 2 amide bonds. The van der Waals surface area contributed by atoms with Gasteiger partial charge in [0.15, 0.2) is 0 Å². The van der Waals surface area contributed by atoms with Crippen LogP contribution in [0.5, 0.6) is 0 Å². The second kappa shape index (κ2) is 9.49. The van der Waals surface area contributed by atoms with Crippen molar-refractivity contribution in [3.05, 3.63) is 40.5 Å². The van der Waals surface area contributed by atoms with Crippen molar-refractivity contribution in [2.24, 2.45) is 11.8 Å². The van der Waals surface area contributed by atoms with Gasteiger partial charge in [0.1, 0.15) is 6.04 Å². The van der Waals surface area contributed by atoms with Crippen LogP contribution in [-0.2, 0) is 9.59 Å². The number of amides is 2. The largest absolute Gasteiger partial charge is 0.391 e. The number of aliphatic hydroxyl groups is 1. The first-order chi connectivity index (χ1) is 14.6. The van der Waals surface area contributed by atoms with Crippen molar-refractivity contribution in [1.29, 1.82) is 0 Å². The molecule has 1 aromatic carbocycles. The summed E-state index contributed by atoms with van der Waals surface area (Å²) in [6, 6.07) is 5.39. The normalized spacial score (nSPS) is 20.7. The van der Waals surface area contributed by atoms with Gasteiger partial charge in [0, 0.05) is 18.9 Å². The standard InChI is InChI=1S/C24H33N3O3S/c1-13(2)15(4)24(30)27-11-19(28)10-21(27)23(29)26-16(5)20-8-7-18(9-14(20)3)22-17(6)25-12-31-22/h7-9,12-13,15-16,19,21,28H,10-11H2,1-6H3,(H,26,29)/t15-,16?,19+,21-/m0/s1. The van der Waals surface area contributed by atoms with Gasteiger partial charge in [-0.15, -0.1) is 11.3 Å². The van der Waals surface area contributed by atoms with Gasteiger partial charge in [0.05, 0.1) is 28.2 Å². The zero-order valence-corrected chi connectivity index (χ0v) is 20.0. The van der Waals surface area contributed by atoms with Crippen molar-refractivity contribution in [3.8, 4) is 10.4 Å². The maximum Gasteiger partial charge on any atom is 0.243 e. The Labute approximate surface area is 188 Å². The number of hydrogen-bond donors (Lipinski definition) is 2. The quantitative estimate of drug-likeness (QED) is 0.710. The van der Waals surface area contributed by atoms with Crippen LogP contribution in [0.15, 0.2) is 23.7 Å². The number of thiazole rings is 1. The molecule has 0 bridgehead atoms. The Hall–Kier alpha value is -2.25. The van der Waals surface area contributed by atoms with Crippen LogP contribution >= 0.6 is 11.3 Å². The predicted molar refractivity (Wildman–Crippen MR) is 124 cm³/mol. The number of β-amino-alcohol motifs (C(OH)–C–C–N with tert-alkyl or cyclic N) is 1. The number of aromatic nitrogens is 1. The molecule has 7 heteroatoms. The predicted octanol–water partition coefficient (Wildman–Crippen LogP) is 3.86. The molecule has 2 N–H and O–H groups in total. The van der Waals surface area contributed by atoms with Crippen LogP contribution in [-0.4, -0.2) is 45.5 Å². The molecule has 1 fully saturated rings. The summed E-state index contributed by atoms with van der Waals surface area (Å²) in [6.07, 6.45) is -0.393. The highest BCUT2D eigenvalue weighted by Gasteiger charge is 2.41. The van der Waals surface area contributed by atoms with Crippen molar-refractivity contribution in [1.82, 2.24) is 15.2 Å². The number of rotatable bonds is 6. The van der Waals surface area contributed by atoms with Crippen molar-refractivity contribution in [2.75, 3.05) is 6.54 Å². The monoisotopic (exact) mass is 443 g/mol. The molecule has 31 heavy (non-hydrogen) atoms. The lowest BCUT2D eigenvalue weighted by Crippen LogP contribution is -2.48. The molecule has 4 atom stereocenters. The molecular weight excluding hydrogens is 410 g/mol. The fourth-order valence-electron chi connectivity index (χ4n) is 4.12. The third-order valence-electron chi connectivity index (χ3n) is 6.36. The average Bonchev–Trinajstić information content (AvgIpc) is 3.31. The minimum absolute atomic E-state index is 0.0696. The number of aliphatic hydroxyl groups excluding tert-OH is 1. The lowest BCUT2D eigenvalue weighted by Gasteiger charge is -2.29. The first kappa shape index (κ1) is 23.4. The summed E-state index contributed by atoms with van der Waals surface area (Å²) in [4.78, 5) is 33.0. The lowest BCUT2D eigenvalue weighted by atomic mass is 9.96. The van der Waals surface area contributed by atoms with E-state index in [9.17, 15) is 14.7 Å². The summed E-state index contributed by atoms with van der Waals surface area (Å²) in [7, 11) is 0. The van der Waals surface area contributed by atoms with Gasteiger partial charge in [-0.3, -0.25) is 9.59 Å². The van der Waals surface area contributed by atoms with E-state index < -0.39 is 12.1 Å². The Balaban J connectivity index is 1.73. The van der Waals surface area contributed by atoms with Gasteiger partial charge in [-0.05, 0) is 43.4 Å². The molecule has 168 valence electrons. The molecule has 0 aliphatic carbocycles. The zero-order valence-electron chi connectivity index (χ0n) is 19.2. The van der Waals surface area contributed by atoms with Crippen LogP contribution < -0.4 is 5.32 Å². The van der Waals surface area contributed by atoms with Crippen LogP contribution in [0, 0.1) is 25.7 Å². The summed E-state index contributed by atoms with van der Waals surface area (Å²) in [5.74, 6) is -0.297. The van der Waals surface area contributed by atoms with Gasteiger partial charge >= 0.3 is 0 Å². The highest BCUT2D eigenvalue weighted by molar-refractivity contribution is 7.13. The minimum atomic E-state index is -0.668. The van der Waals surface area contributed by atoms with Gasteiger partial charge < -0.3 is 15.3 Å². The van der Waals surface area contributed by atoms with E-state index in [0.29, 0.717) is 0 Å². The SMILES string of the molecule is Cc1cc(-c2scnc2C)ccc1C(C)NC(=O)[C@@H]1C[C@@H](O)CN1C(=O)[C@@H](C)C(C)C. The fraction of sp³-hybridized carbons (Fsp3) is 0.542. The van der Waals surface area contributed by atoms with Gasteiger partial charge in [-0.1, -0.05) is 39.0 Å². The highest BCUT2D eigenvalue weighted by Crippen LogP contribution is 2.30. The van der Waals surface area contributed by atoms with E-state index in [0.717, 1.165) is 27.3 Å². The van der Waals surface area contributed by atoms with E-state index in [4.69, 9.17) is 0 Å². The molecule has 1 aliphatic heterocycles. The minimum Gasteiger partial charge on any atom is -0.391 e. The van der Waals surface area contributed by atoms with Crippen molar-refractivity contribution in [3.63, 3.8) is 0 Å². The van der Waals surface area contributed by atoms with E-state index in [2.05, 4.69) is 22.4 Å². The van der Waals surface area contributed by atoms with E-state index in [1.54, 1.807) is 16.2 Å². The molecule has 0 spiro atoms. The number of hydrogen-bond acceptors (Lipinski definition) is 5. The Morgan fingerprint density at radius 1 is 1.23 bits per heavy atom. The Morgan fingerprint density at radius 3 is 2.52 bits per heavy atom. The molecule has 2 aromatic rings. The van der Waals surface area contributed by atoms with Gasteiger partial charge in [0.2, 0.25) is 11.8 Å². The third-order valence-corrected chi connectivity index (χ3v) is 7.33. The van der Waals surface area contributed by atoms with E-state index in [-0.39, 0.29) is 42.7 Å². The second-order valence-corrected chi connectivity index (χ2v) is 9.85. The number of carbonyl (C=O) groups excluding carboxylic acids is 2. The maximum atomic E-state index is 13.1. The molecule has 0 saturated carbocycles.